The Bertz CT molecular complexity index is 159. The van der Waals surface area contributed by atoms with Gasteiger partial charge in [-0.25, -0.2) is 0 Å². The average Bonchev–Trinajstić information content (AvgIpc) is 2.15. The second-order valence-electron chi connectivity index (χ2n) is 3.74. The second kappa shape index (κ2) is 7.76. The molecule has 0 heterocycles. The Balaban J connectivity index is 3.31. The van der Waals surface area contributed by atoms with E-state index < -0.39 is 12.0 Å². The summed E-state index contributed by atoms with van der Waals surface area (Å²) in [5, 5.41) is 0. The summed E-state index contributed by atoms with van der Waals surface area (Å²) in [4.78, 5) is 10.9. The molecule has 2 N–H and O–H groups in total. The molecular weight excluding hydrogens is 182 g/mol. The van der Waals surface area contributed by atoms with Gasteiger partial charge in [0.05, 0.1) is 13.7 Å². The monoisotopic (exact) mass is 203 g/mol. The van der Waals surface area contributed by atoms with Crippen LogP contribution in [-0.2, 0) is 14.3 Å². The van der Waals surface area contributed by atoms with Gasteiger partial charge in [0.15, 0.2) is 0 Å². The van der Waals surface area contributed by atoms with Crippen molar-refractivity contribution >= 4 is 5.97 Å². The molecule has 1 unspecified atom stereocenters. The molecule has 4 heteroatoms. The molecule has 0 radical (unpaired) electrons. The van der Waals surface area contributed by atoms with E-state index in [-0.39, 0.29) is 6.61 Å². The SMILES string of the molecule is COC(=O)C(N)COCCCC(C)C. The molecule has 14 heavy (non-hydrogen) atoms. The second-order valence-corrected chi connectivity index (χ2v) is 3.74. The van der Waals surface area contributed by atoms with Crippen molar-refractivity contribution in [3.05, 3.63) is 0 Å². The highest BCUT2D eigenvalue weighted by atomic mass is 16.5. The Morgan fingerprint density at radius 3 is 2.57 bits per heavy atom. The summed E-state index contributed by atoms with van der Waals surface area (Å²) in [6.07, 6.45) is 2.14. The maximum atomic E-state index is 10.9. The number of rotatable bonds is 7. The third kappa shape index (κ3) is 6.86. The van der Waals surface area contributed by atoms with Gasteiger partial charge in [-0.1, -0.05) is 13.8 Å². The van der Waals surface area contributed by atoms with Crippen LogP contribution in [-0.4, -0.2) is 32.3 Å². The lowest BCUT2D eigenvalue weighted by molar-refractivity contribution is -0.143. The lowest BCUT2D eigenvalue weighted by Crippen LogP contribution is -2.36. The summed E-state index contributed by atoms with van der Waals surface area (Å²) >= 11 is 0. The summed E-state index contributed by atoms with van der Waals surface area (Å²) < 4.78 is 9.71. The van der Waals surface area contributed by atoms with Crippen LogP contribution in [0.5, 0.6) is 0 Å². The van der Waals surface area contributed by atoms with Crippen molar-refractivity contribution in [3.63, 3.8) is 0 Å². The Labute approximate surface area is 85.8 Å². The number of hydrogen-bond donors (Lipinski definition) is 1. The van der Waals surface area contributed by atoms with Gasteiger partial charge in [0.2, 0.25) is 0 Å². The zero-order valence-corrected chi connectivity index (χ0v) is 9.29. The van der Waals surface area contributed by atoms with E-state index in [0.29, 0.717) is 12.5 Å². The first-order valence-electron chi connectivity index (χ1n) is 4.99. The molecule has 0 aliphatic carbocycles. The molecule has 84 valence electrons. The van der Waals surface area contributed by atoms with Crippen LogP contribution >= 0.6 is 0 Å². The van der Waals surface area contributed by atoms with Gasteiger partial charge >= 0.3 is 5.97 Å². The summed E-state index contributed by atoms with van der Waals surface area (Å²) in [5.74, 6) is 0.266. The maximum absolute atomic E-state index is 10.9. The van der Waals surface area contributed by atoms with Gasteiger partial charge in [-0.2, -0.15) is 0 Å². The van der Waals surface area contributed by atoms with Gasteiger partial charge in [-0.3, -0.25) is 4.79 Å². The summed E-state index contributed by atoms with van der Waals surface area (Å²) in [5.41, 5.74) is 5.47. The number of hydrogen-bond acceptors (Lipinski definition) is 4. The molecule has 0 fully saturated rings. The fraction of sp³-hybridized carbons (Fsp3) is 0.900. The van der Waals surface area contributed by atoms with Gasteiger partial charge in [-0.05, 0) is 18.8 Å². The lowest BCUT2D eigenvalue weighted by atomic mass is 10.1. The van der Waals surface area contributed by atoms with E-state index in [1.54, 1.807) is 0 Å². The number of ether oxygens (including phenoxy) is 2. The number of methoxy groups -OCH3 is 1. The lowest BCUT2D eigenvalue weighted by Gasteiger charge is -2.10. The van der Waals surface area contributed by atoms with E-state index in [0.717, 1.165) is 12.8 Å². The molecule has 0 bridgehead atoms. The minimum Gasteiger partial charge on any atom is -0.468 e. The molecule has 0 saturated carbocycles. The van der Waals surface area contributed by atoms with Crippen LogP contribution in [0.2, 0.25) is 0 Å². The quantitative estimate of drug-likeness (QED) is 0.494. The Kier molecular flexibility index (Phi) is 7.42. The summed E-state index contributed by atoms with van der Waals surface area (Å²) in [7, 11) is 1.32. The van der Waals surface area contributed by atoms with Gasteiger partial charge in [0.25, 0.3) is 0 Å². The number of carbonyl (C=O) groups excluding carboxylic acids is 1. The van der Waals surface area contributed by atoms with Crippen molar-refractivity contribution in [2.45, 2.75) is 32.7 Å². The summed E-state index contributed by atoms with van der Waals surface area (Å²) in [6, 6.07) is -0.654. The molecule has 0 aliphatic rings. The zero-order chi connectivity index (χ0) is 11.0. The third-order valence-electron chi connectivity index (χ3n) is 1.87. The zero-order valence-electron chi connectivity index (χ0n) is 9.29. The third-order valence-corrected chi connectivity index (χ3v) is 1.87. The fourth-order valence-electron chi connectivity index (χ4n) is 1.02. The first kappa shape index (κ1) is 13.4. The van der Waals surface area contributed by atoms with Crippen LogP contribution < -0.4 is 5.73 Å². The topological polar surface area (TPSA) is 61.5 Å². The predicted molar refractivity (Wildman–Crippen MR) is 54.9 cm³/mol. The van der Waals surface area contributed by atoms with Gasteiger partial charge in [0, 0.05) is 6.61 Å². The number of esters is 1. The predicted octanol–water partition coefficient (Wildman–Crippen LogP) is 0.939. The van der Waals surface area contributed by atoms with Crippen LogP contribution in [0, 0.1) is 5.92 Å². The molecule has 0 amide bonds. The minimum absolute atomic E-state index is 0.241. The Morgan fingerprint density at radius 2 is 2.07 bits per heavy atom. The van der Waals surface area contributed by atoms with Crippen LogP contribution in [0.25, 0.3) is 0 Å². The molecule has 0 saturated heterocycles. The van der Waals surface area contributed by atoms with Crippen molar-refractivity contribution < 1.29 is 14.3 Å². The molecule has 0 aliphatic heterocycles. The van der Waals surface area contributed by atoms with Crippen LogP contribution in [0.3, 0.4) is 0 Å². The molecule has 0 aromatic heterocycles. The minimum atomic E-state index is -0.654. The van der Waals surface area contributed by atoms with E-state index in [9.17, 15) is 4.79 Å². The number of nitrogens with two attached hydrogens (primary N) is 1. The fourth-order valence-corrected chi connectivity index (χ4v) is 1.02. The van der Waals surface area contributed by atoms with Crippen molar-refractivity contribution in [1.29, 1.82) is 0 Å². The highest BCUT2D eigenvalue weighted by molar-refractivity contribution is 5.75. The molecule has 0 aromatic rings. The van der Waals surface area contributed by atoms with E-state index >= 15 is 0 Å². The van der Waals surface area contributed by atoms with Crippen molar-refractivity contribution in [1.82, 2.24) is 0 Å². The standard InChI is InChI=1S/C10H21NO3/c1-8(2)5-4-6-14-7-9(11)10(12)13-3/h8-9H,4-7,11H2,1-3H3. The van der Waals surface area contributed by atoms with E-state index in [2.05, 4.69) is 18.6 Å². The van der Waals surface area contributed by atoms with E-state index in [1.807, 2.05) is 0 Å². The first-order chi connectivity index (χ1) is 6.57. The van der Waals surface area contributed by atoms with E-state index in [1.165, 1.54) is 7.11 Å². The molecular formula is C10H21NO3. The normalized spacial score (nSPS) is 12.9. The van der Waals surface area contributed by atoms with Crippen LogP contribution in [0.4, 0.5) is 0 Å². The molecule has 0 spiro atoms. The molecule has 4 nitrogen and oxygen atoms in total. The molecule has 0 aromatic carbocycles. The van der Waals surface area contributed by atoms with Gasteiger partial charge in [0.1, 0.15) is 6.04 Å². The highest BCUT2D eigenvalue weighted by Crippen LogP contribution is 2.03. The smallest absolute Gasteiger partial charge is 0.325 e. The highest BCUT2D eigenvalue weighted by Gasteiger charge is 2.12. The van der Waals surface area contributed by atoms with Gasteiger partial charge in [-0.15, -0.1) is 0 Å². The Morgan fingerprint density at radius 1 is 1.43 bits per heavy atom. The van der Waals surface area contributed by atoms with Crippen LogP contribution in [0.1, 0.15) is 26.7 Å². The molecule has 0 rings (SSSR count). The van der Waals surface area contributed by atoms with Gasteiger partial charge < -0.3 is 15.2 Å². The molecule has 1 atom stereocenters. The largest absolute Gasteiger partial charge is 0.468 e. The van der Waals surface area contributed by atoms with Crippen molar-refractivity contribution in [3.8, 4) is 0 Å². The van der Waals surface area contributed by atoms with Crippen molar-refractivity contribution in [2.75, 3.05) is 20.3 Å². The average molecular weight is 203 g/mol. The van der Waals surface area contributed by atoms with E-state index in [4.69, 9.17) is 10.5 Å². The van der Waals surface area contributed by atoms with Crippen LogP contribution in [0.15, 0.2) is 0 Å². The Hall–Kier alpha value is -0.610. The maximum Gasteiger partial charge on any atom is 0.325 e. The first-order valence-corrected chi connectivity index (χ1v) is 4.99. The number of carbonyl (C=O) groups is 1. The summed E-state index contributed by atoms with van der Waals surface area (Å²) in [6.45, 7) is 5.23. The van der Waals surface area contributed by atoms with Crippen molar-refractivity contribution in [2.24, 2.45) is 11.7 Å².